The van der Waals surface area contributed by atoms with Crippen LogP contribution < -0.4 is 15.4 Å². The van der Waals surface area contributed by atoms with Gasteiger partial charge < -0.3 is 18.9 Å². The summed E-state index contributed by atoms with van der Waals surface area (Å²) in [6.45, 7) is 0.208. The number of hydrogen-bond donors (Lipinski definition) is 1. The highest BCUT2D eigenvalue weighted by molar-refractivity contribution is 5.70. The predicted molar refractivity (Wildman–Crippen MR) is 140 cm³/mol. The Labute approximate surface area is 232 Å². The largest absolute Gasteiger partial charge is 0.573 e. The number of hydrogen-bond acceptors (Lipinski definition) is 8. The van der Waals surface area contributed by atoms with E-state index in [9.17, 15) is 18.0 Å². The van der Waals surface area contributed by atoms with Crippen LogP contribution in [-0.4, -0.2) is 39.8 Å². The first kappa shape index (κ1) is 25.9. The minimum atomic E-state index is -4.82. The Hall–Kier alpha value is -4.06. The number of ether oxygens (including phenoxy) is 2. The highest BCUT2D eigenvalue weighted by atomic mass is 19.4. The Morgan fingerprint density at radius 3 is 2.34 bits per heavy atom. The normalized spacial score (nSPS) is 22.3. The number of para-hydroxylation sites is 1. The van der Waals surface area contributed by atoms with Crippen molar-refractivity contribution >= 4 is 5.69 Å². The molecule has 1 aliphatic carbocycles. The molecule has 4 heterocycles. The summed E-state index contributed by atoms with van der Waals surface area (Å²) in [4.78, 5) is 16.3. The van der Waals surface area contributed by atoms with Crippen molar-refractivity contribution in [1.29, 1.82) is 0 Å². The molecule has 2 aromatic carbocycles. The molecule has 1 saturated carbocycles. The molecule has 12 heteroatoms. The van der Waals surface area contributed by atoms with Gasteiger partial charge in [-0.05, 0) is 74.9 Å². The van der Waals surface area contributed by atoms with Crippen molar-refractivity contribution in [3.8, 4) is 28.4 Å². The van der Waals surface area contributed by atoms with E-state index in [-0.39, 0.29) is 29.9 Å². The van der Waals surface area contributed by atoms with Crippen LogP contribution in [0.5, 0.6) is 5.75 Å². The molecule has 4 aromatic rings. The lowest BCUT2D eigenvalue weighted by Gasteiger charge is -2.40. The Morgan fingerprint density at radius 1 is 0.951 bits per heavy atom. The molecule has 214 valence electrons. The summed E-state index contributed by atoms with van der Waals surface area (Å²) in [6, 6.07) is 14.5. The number of nitrogens with zero attached hydrogens (tertiary/aromatic N) is 3. The number of aromatic amines is 1. The minimum Gasteiger partial charge on any atom is -0.405 e. The maximum Gasteiger partial charge on any atom is 0.573 e. The molecule has 3 fully saturated rings. The molecule has 2 saturated heterocycles. The number of alkyl halides is 3. The number of H-pyrrole nitrogens is 1. The first-order valence-electron chi connectivity index (χ1n) is 13.7. The monoisotopic (exact) mass is 568 g/mol. The first-order chi connectivity index (χ1) is 19.8. The molecule has 0 radical (unpaired) electrons. The SMILES string of the molecule is O=c1[nH]c(-c2ccc(N3[C@@H]4CC[C@H]3C[C@@H](OCc3c(-c5ccccc5OC(F)(F)F)noc3C3CC3)C4)cc2)no1. The third kappa shape index (κ3) is 5.23. The Morgan fingerprint density at radius 2 is 1.68 bits per heavy atom. The van der Waals surface area contributed by atoms with E-state index in [0.29, 0.717) is 34.9 Å². The van der Waals surface area contributed by atoms with Crippen molar-refractivity contribution in [3.63, 3.8) is 0 Å². The fraction of sp³-hybridized carbons (Fsp3) is 0.414. The quantitative estimate of drug-likeness (QED) is 0.269. The van der Waals surface area contributed by atoms with E-state index in [1.165, 1.54) is 12.1 Å². The second kappa shape index (κ2) is 10.1. The fourth-order valence-corrected chi connectivity index (χ4v) is 6.25. The summed E-state index contributed by atoms with van der Waals surface area (Å²) in [6.07, 6.45) is 0.864. The van der Waals surface area contributed by atoms with Crippen LogP contribution in [0.2, 0.25) is 0 Å². The number of fused-ring (bicyclic) bond motifs is 2. The molecule has 9 nitrogen and oxygen atoms in total. The molecular formula is C29H27F3N4O5. The van der Waals surface area contributed by atoms with Gasteiger partial charge in [0.05, 0.1) is 12.7 Å². The van der Waals surface area contributed by atoms with Crippen LogP contribution in [0.15, 0.2) is 62.4 Å². The highest BCUT2D eigenvalue weighted by Crippen LogP contribution is 2.46. The van der Waals surface area contributed by atoms with Gasteiger partial charge in [-0.1, -0.05) is 22.4 Å². The van der Waals surface area contributed by atoms with Gasteiger partial charge in [0.1, 0.15) is 17.2 Å². The lowest BCUT2D eigenvalue weighted by Crippen LogP contribution is -2.45. The molecule has 2 bridgehead atoms. The maximum absolute atomic E-state index is 13.1. The van der Waals surface area contributed by atoms with Crippen molar-refractivity contribution in [2.75, 3.05) is 4.90 Å². The summed E-state index contributed by atoms with van der Waals surface area (Å²) < 4.78 is 60.3. The summed E-state index contributed by atoms with van der Waals surface area (Å²) in [5.41, 5.74) is 3.13. The summed E-state index contributed by atoms with van der Waals surface area (Å²) in [5, 5.41) is 7.93. The Bertz CT molecular complexity index is 1580. The average Bonchev–Trinajstić information content (AvgIpc) is 3.46. The molecule has 2 aromatic heterocycles. The van der Waals surface area contributed by atoms with Crippen molar-refractivity contribution in [1.82, 2.24) is 15.3 Å². The van der Waals surface area contributed by atoms with Crippen LogP contribution in [-0.2, 0) is 11.3 Å². The third-order valence-electron chi connectivity index (χ3n) is 8.17. The fourth-order valence-electron chi connectivity index (χ4n) is 6.25. The van der Waals surface area contributed by atoms with Gasteiger partial charge in [-0.15, -0.1) is 13.2 Å². The van der Waals surface area contributed by atoms with Crippen molar-refractivity contribution in [2.45, 2.75) is 75.6 Å². The molecular weight excluding hydrogens is 541 g/mol. The van der Waals surface area contributed by atoms with Crippen LogP contribution in [0.3, 0.4) is 0 Å². The number of benzene rings is 2. The molecule has 1 N–H and O–H groups in total. The van der Waals surface area contributed by atoms with E-state index >= 15 is 0 Å². The number of aromatic nitrogens is 3. The summed E-state index contributed by atoms with van der Waals surface area (Å²) >= 11 is 0. The van der Waals surface area contributed by atoms with Crippen LogP contribution >= 0.6 is 0 Å². The molecule has 7 rings (SSSR count). The van der Waals surface area contributed by atoms with Crippen LogP contribution in [0, 0.1) is 0 Å². The number of rotatable bonds is 8. The van der Waals surface area contributed by atoms with Gasteiger partial charge in [0, 0.05) is 40.4 Å². The molecule has 0 amide bonds. The van der Waals surface area contributed by atoms with Gasteiger partial charge in [-0.25, -0.2) is 4.79 Å². The van der Waals surface area contributed by atoms with Gasteiger partial charge in [0.25, 0.3) is 0 Å². The third-order valence-corrected chi connectivity index (χ3v) is 8.17. The highest BCUT2D eigenvalue weighted by Gasteiger charge is 2.42. The van der Waals surface area contributed by atoms with Crippen molar-refractivity contribution in [2.24, 2.45) is 0 Å². The Kier molecular flexibility index (Phi) is 6.37. The van der Waals surface area contributed by atoms with E-state index in [2.05, 4.69) is 29.5 Å². The zero-order chi connectivity index (χ0) is 28.1. The lowest BCUT2D eigenvalue weighted by molar-refractivity contribution is -0.274. The lowest BCUT2D eigenvalue weighted by atomic mass is 9.98. The van der Waals surface area contributed by atoms with Crippen molar-refractivity contribution < 1.29 is 31.7 Å². The first-order valence-corrected chi connectivity index (χ1v) is 13.7. The number of nitrogens with one attached hydrogen (secondary N) is 1. The maximum atomic E-state index is 13.1. The molecule has 41 heavy (non-hydrogen) atoms. The van der Waals surface area contributed by atoms with E-state index in [4.69, 9.17) is 9.26 Å². The molecule has 3 atom stereocenters. The zero-order valence-electron chi connectivity index (χ0n) is 21.9. The number of halogens is 3. The summed E-state index contributed by atoms with van der Waals surface area (Å²) in [7, 11) is 0. The topological polar surface area (TPSA) is 107 Å². The minimum absolute atomic E-state index is 0.000277. The molecule has 0 spiro atoms. The van der Waals surface area contributed by atoms with E-state index in [1.807, 2.05) is 24.3 Å². The van der Waals surface area contributed by atoms with E-state index < -0.39 is 12.1 Å². The average molecular weight is 569 g/mol. The van der Waals surface area contributed by atoms with Gasteiger partial charge in [-0.2, -0.15) is 0 Å². The smallest absolute Gasteiger partial charge is 0.405 e. The zero-order valence-corrected chi connectivity index (χ0v) is 21.9. The van der Waals surface area contributed by atoms with E-state index in [1.54, 1.807) is 12.1 Å². The van der Waals surface area contributed by atoms with Crippen molar-refractivity contribution in [3.05, 3.63) is 70.4 Å². The molecule has 3 aliphatic rings. The standard InChI is InChI=1S/C29H27F3N4O5/c30-29(31,32)39-24-4-2-1-3-22(24)25-23(26(40-34-25)16-5-6-16)15-38-21-13-19-11-12-20(14-21)36(19)18-9-7-17(8-10-18)27-33-28(37)41-35-27/h1-4,7-10,16,19-21H,5-6,11-15H2,(H,33,35,37)/t19-,20+,21+. The molecule has 2 aliphatic heterocycles. The summed E-state index contributed by atoms with van der Waals surface area (Å²) in [5.74, 6) is 0.384. The van der Waals surface area contributed by atoms with Crippen LogP contribution in [0.25, 0.3) is 22.6 Å². The van der Waals surface area contributed by atoms with Crippen LogP contribution in [0.1, 0.15) is 55.8 Å². The number of piperidine rings is 1. The Balaban J connectivity index is 1.07. The van der Waals surface area contributed by atoms with E-state index in [0.717, 1.165) is 49.8 Å². The van der Waals surface area contributed by atoms with Gasteiger partial charge >= 0.3 is 12.1 Å². The van der Waals surface area contributed by atoms with Gasteiger partial charge in [-0.3, -0.25) is 9.51 Å². The molecule has 0 unspecified atom stereocenters. The second-order valence-electron chi connectivity index (χ2n) is 10.9. The predicted octanol–water partition coefficient (Wildman–Crippen LogP) is 6.18. The second-order valence-corrected chi connectivity index (χ2v) is 10.9. The van der Waals surface area contributed by atoms with Gasteiger partial charge in [0.2, 0.25) is 0 Å². The van der Waals surface area contributed by atoms with Crippen LogP contribution in [0.4, 0.5) is 18.9 Å². The number of anilines is 1. The van der Waals surface area contributed by atoms with Gasteiger partial charge in [0.15, 0.2) is 5.82 Å².